The second kappa shape index (κ2) is 46.2. The average Bonchev–Trinajstić information content (AvgIpc) is 3.24. The van der Waals surface area contributed by atoms with Crippen LogP contribution in [0.2, 0.25) is 0 Å². The van der Waals surface area contributed by atoms with Gasteiger partial charge in [0.1, 0.15) is 19.3 Å². The third kappa shape index (κ3) is 50.5. The smallest absolute Gasteiger partial charge is 0.457 e. The van der Waals surface area contributed by atoms with Gasteiger partial charge in [0.25, 0.3) is 0 Å². The van der Waals surface area contributed by atoms with Gasteiger partial charge in [0, 0.05) is 13.0 Å². The zero-order valence-corrected chi connectivity index (χ0v) is 42.2. The van der Waals surface area contributed by atoms with Crippen molar-refractivity contribution in [3.8, 4) is 0 Å². The van der Waals surface area contributed by atoms with E-state index in [1.807, 2.05) is 21.1 Å². The average molecular weight is 903 g/mol. The van der Waals surface area contributed by atoms with Gasteiger partial charge in [-0.3, -0.25) is 13.8 Å². The Kier molecular flexibility index (Phi) is 44.5. The van der Waals surface area contributed by atoms with Crippen molar-refractivity contribution in [2.75, 3.05) is 54.1 Å². The van der Waals surface area contributed by atoms with E-state index < -0.39 is 13.9 Å². The quantitative estimate of drug-likeness (QED) is 0.0214. The number of nitrogens with zero attached hydrogens (tertiary/aromatic N) is 1. The van der Waals surface area contributed by atoms with Crippen LogP contribution in [0.25, 0.3) is 0 Å². The molecule has 0 bridgehead atoms. The highest BCUT2D eigenvalue weighted by atomic mass is 31.2. The SMILES string of the molecule is CC/C=C\C/C=C\C/C=C\C/C=C\C/C=C\C/C=C\CCCCCCCOCC(COP(=O)(O)OCC[N+](C)(C)C)OC(=O)CCCCCCCCC/C=C\CCCCCCCC. The summed E-state index contributed by atoms with van der Waals surface area (Å²) in [6, 6.07) is 0. The van der Waals surface area contributed by atoms with Gasteiger partial charge < -0.3 is 18.9 Å². The van der Waals surface area contributed by atoms with Crippen LogP contribution >= 0.6 is 7.82 Å². The minimum atomic E-state index is -4.29. The lowest BCUT2D eigenvalue weighted by Gasteiger charge is -2.24. The molecular weight excluding hydrogens is 806 g/mol. The predicted molar refractivity (Wildman–Crippen MR) is 270 cm³/mol. The number of hydrogen-bond donors (Lipinski definition) is 1. The van der Waals surface area contributed by atoms with E-state index in [1.165, 1.54) is 89.9 Å². The molecule has 63 heavy (non-hydrogen) atoms. The Bertz CT molecular complexity index is 1280. The maximum absolute atomic E-state index is 12.7. The molecule has 0 saturated carbocycles. The van der Waals surface area contributed by atoms with Crippen LogP contribution in [-0.2, 0) is 27.9 Å². The minimum absolute atomic E-state index is 0.0793. The monoisotopic (exact) mass is 903 g/mol. The van der Waals surface area contributed by atoms with Gasteiger partial charge in [0.05, 0.1) is 34.4 Å². The van der Waals surface area contributed by atoms with Crippen LogP contribution in [0.5, 0.6) is 0 Å². The van der Waals surface area contributed by atoms with E-state index in [0.717, 1.165) is 83.5 Å². The van der Waals surface area contributed by atoms with Crippen molar-refractivity contribution >= 4 is 13.8 Å². The minimum Gasteiger partial charge on any atom is -0.457 e. The highest BCUT2D eigenvalue weighted by Gasteiger charge is 2.26. The predicted octanol–water partition coefficient (Wildman–Crippen LogP) is 15.6. The Morgan fingerprint density at radius 1 is 0.508 bits per heavy atom. The van der Waals surface area contributed by atoms with Gasteiger partial charge in [-0.1, -0.05) is 182 Å². The molecule has 0 spiro atoms. The molecule has 0 aliphatic rings. The van der Waals surface area contributed by atoms with E-state index in [9.17, 15) is 14.3 Å². The zero-order valence-electron chi connectivity index (χ0n) is 41.3. The van der Waals surface area contributed by atoms with Gasteiger partial charge in [-0.2, -0.15) is 0 Å². The van der Waals surface area contributed by atoms with Crippen molar-refractivity contribution in [1.29, 1.82) is 0 Å². The molecule has 0 aliphatic carbocycles. The number of quaternary nitrogens is 1. The number of phosphoric ester groups is 1. The number of carbonyl (C=O) groups is 1. The zero-order chi connectivity index (χ0) is 46.2. The van der Waals surface area contributed by atoms with E-state index in [1.54, 1.807) is 0 Å². The summed E-state index contributed by atoms with van der Waals surface area (Å²) in [6.07, 6.45) is 62.0. The molecule has 0 heterocycles. The Balaban J connectivity index is 4.23. The lowest BCUT2D eigenvalue weighted by Crippen LogP contribution is -2.37. The summed E-state index contributed by atoms with van der Waals surface area (Å²) >= 11 is 0. The summed E-state index contributed by atoms with van der Waals surface area (Å²) in [6.45, 7) is 5.44. The molecule has 1 N–H and O–H groups in total. The van der Waals surface area contributed by atoms with Gasteiger partial charge in [0.2, 0.25) is 0 Å². The number of hydrogen-bond acceptors (Lipinski definition) is 6. The van der Waals surface area contributed by atoms with Crippen molar-refractivity contribution in [1.82, 2.24) is 0 Å². The third-order valence-electron chi connectivity index (χ3n) is 10.4. The molecule has 0 radical (unpaired) electrons. The van der Waals surface area contributed by atoms with Crippen LogP contribution in [0, 0.1) is 0 Å². The number of carbonyl (C=O) groups excluding carboxylic acids is 1. The van der Waals surface area contributed by atoms with Crippen molar-refractivity contribution in [2.45, 2.75) is 200 Å². The number of rotatable bonds is 46. The Labute approximate surface area is 388 Å². The molecule has 0 rings (SSSR count). The topological polar surface area (TPSA) is 91.3 Å². The molecule has 0 aromatic carbocycles. The van der Waals surface area contributed by atoms with Crippen LogP contribution in [-0.4, -0.2) is 75.6 Å². The summed E-state index contributed by atoms with van der Waals surface area (Å²) in [5, 5.41) is 0. The lowest BCUT2D eigenvalue weighted by molar-refractivity contribution is -0.870. The first-order valence-electron chi connectivity index (χ1n) is 25.3. The van der Waals surface area contributed by atoms with Crippen LogP contribution < -0.4 is 0 Å². The van der Waals surface area contributed by atoms with Gasteiger partial charge in [-0.15, -0.1) is 0 Å². The highest BCUT2D eigenvalue weighted by Crippen LogP contribution is 2.43. The Morgan fingerprint density at radius 3 is 1.40 bits per heavy atom. The second-order valence-corrected chi connectivity index (χ2v) is 19.3. The first kappa shape index (κ1) is 60.7. The Morgan fingerprint density at radius 2 is 0.921 bits per heavy atom. The number of ether oxygens (including phenoxy) is 2. The molecule has 0 aromatic heterocycles. The standard InChI is InChI=1S/C54H96NO7P/c1-6-8-10-12-14-16-18-20-22-24-25-26-27-28-29-30-32-34-36-38-40-42-44-46-49-59-51-53(52-61-63(57,58)60-50-48-55(3,4)5)62-54(56)47-45-43-41-39-37-35-33-31-23-21-19-17-15-13-11-9-7-2/h8,10,14,16,20-23,25-26,28-29,32,34,53H,6-7,9,11-13,15,17-19,24,27,30-31,33,35-52H2,1-5H3/p+1/b10-8-,16-14-,22-20-,23-21-,26-25-,29-28-,34-32-. The number of allylic oxidation sites excluding steroid dienone is 14. The molecule has 0 aliphatic heterocycles. The summed E-state index contributed by atoms with van der Waals surface area (Å²) in [5.74, 6) is -0.328. The maximum atomic E-state index is 12.7. The highest BCUT2D eigenvalue weighted by molar-refractivity contribution is 7.47. The fourth-order valence-electron chi connectivity index (χ4n) is 6.55. The molecule has 2 unspecified atom stereocenters. The summed E-state index contributed by atoms with van der Waals surface area (Å²) in [7, 11) is 1.64. The van der Waals surface area contributed by atoms with Crippen LogP contribution in [0.4, 0.5) is 0 Å². The van der Waals surface area contributed by atoms with Gasteiger partial charge in [0.15, 0.2) is 0 Å². The maximum Gasteiger partial charge on any atom is 0.472 e. The molecule has 0 fully saturated rings. The molecule has 9 heteroatoms. The normalized spacial score (nSPS) is 14.3. The second-order valence-electron chi connectivity index (χ2n) is 17.8. The number of phosphoric acid groups is 1. The summed E-state index contributed by atoms with van der Waals surface area (Å²) in [5.41, 5.74) is 0. The lowest BCUT2D eigenvalue weighted by atomic mass is 10.1. The summed E-state index contributed by atoms with van der Waals surface area (Å²) < 4.78 is 35.1. The molecule has 0 amide bonds. The molecule has 364 valence electrons. The van der Waals surface area contributed by atoms with E-state index in [0.29, 0.717) is 24.1 Å². The molecule has 0 saturated heterocycles. The van der Waals surface area contributed by atoms with E-state index >= 15 is 0 Å². The van der Waals surface area contributed by atoms with Crippen molar-refractivity contribution < 1.29 is 37.3 Å². The Hall–Kier alpha value is -2.32. The van der Waals surface area contributed by atoms with Crippen molar-refractivity contribution in [3.63, 3.8) is 0 Å². The first-order valence-corrected chi connectivity index (χ1v) is 26.8. The van der Waals surface area contributed by atoms with E-state index in [2.05, 4.69) is 98.9 Å². The van der Waals surface area contributed by atoms with E-state index in [4.69, 9.17) is 18.5 Å². The van der Waals surface area contributed by atoms with Crippen LogP contribution in [0.3, 0.4) is 0 Å². The fourth-order valence-corrected chi connectivity index (χ4v) is 7.29. The molecule has 2 atom stereocenters. The van der Waals surface area contributed by atoms with Gasteiger partial charge in [-0.25, -0.2) is 4.57 Å². The largest absolute Gasteiger partial charge is 0.472 e. The molecule has 8 nitrogen and oxygen atoms in total. The summed E-state index contributed by atoms with van der Waals surface area (Å²) in [4.78, 5) is 23.0. The molecular formula is C54H97NO7P+. The first-order chi connectivity index (χ1) is 30.6. The van der Waals surface area contributed by atoms with Crippen molar-refractivity contribution in [2.24, 2.45) is 0 Å². The number of unbranched alkanes of at least 4 members (excludes halogenated alkanes) is 18. The van der Waals surface area contributed by atoms with Crippen LogP contribution in [0.15, 0.2) is 85.1 Å². The van der Waals surface area contributed by atoms with Crippen LogP contribution in [0.1, 0.15) is 194 Å². The van der Waals surface area contributed by atoms with Gasteiger partial charge in [-0.05, 0) is 89.9 Å². The van der Waals surface area contributed by atoms with E-state index in [-0.39, 0.29) is 25.8 Å². The number of esters is 1. The molecule has 0 aromatic rings. The fraction of sp³-hybridized carbons (Fsp3) is 0.722. The van der Waals surface area contributed by atoms with Gasteiger partial charge >= 0.3 is 13.8 Å². The third-order valence-corrected chi connectivity index (χ3v) is 11.4. The van der Waals surface area contributed by atoms with Crippen molar-refractivity contribution in [3.05, 3.63) is 85.1 Å². The number of likely N-dealkylation sites (N-methyl/N-ethyl adjacent to an activating group) is 1.